The van der Waals surface area contributed by atoms with Crippen molar-refractivity contribution >= 4 is 5.97 Å². The third-order valence-electron chi connectivity index (χ3n) is 3.10. The predicted octanol–water partition coefficient (Wildman–Crippen LogP) is 1.28. The molecule has 1 aliphatic heterocycles. The number of carboxylic acids is 1. The van der Waals surface area contributed by atoms with E-state index in [1.54, 1.807) is 0 Å². The molecule has 0 amide bonds. The van der Waals surface area contributed by atoms with E-state index in [4.69, 9.17) is 9.84 Å². The van der Waals surface area contributed by atoms with Gasteiger partial charge in [-0.1, -0.05) is 0 Å². The van der Waals surface area contributed by atoms with Crippen molar-refractivity contribution in [2.75, 3.05) is 6.61 Å². The number of hydrogen-bond acceptors (Lipinski definition) is 2. The lowest BCUT2D eigenvalue weighted by Crippen LogP contribution is -2.33. The van der Waals surface area contributed by atoms with Crippen LogP contribution in [0.1, 0.15) is 25.7 Å². The van der Waals surface area contributed by atoms with Gasteiger partial charge >= 0.3 is 5.97 Å². The second-order valence-corrected chi connectivity index (χ2v) is 3.74. The standard InChI is InChI=1S/C9H14O3/c10-9(11)7-2-1-3-8-6(7)4-5-12-8/h6-8H,1-5H2,(H,10,11)/t6-,7-,8+/m1/s1. The molecule has 0 radical (unpaired) electrons. The summed E-state index contributed by atoms with van der Waals surface area (Å²) < 4.78 is 5.47. The first kappa shape index (κ1) is 8.05. The fourth-order valence-electron chi connectivity index (χ4n) is 2.48. The highest BCUT2D eigenvalue weighted by Gasteiger charge is 2.40. The molecule has 2 rings (SSSR count). The van der Waals surface area contributed by atoms with Gasteiger partial charge in [-0.2, -0.15) is 0 Å². The third-order valence-corrected chi connectivity index (χ3v) is 3.10. The van der Waals surface area contributed by atoms with E-state index in [9.17, 15) is 4.79 Å². The minimum Gasteiger partial charge on any atom is -0.481 e. The molecule has 0 bridgehead atoms. The molecule has 0 spiro atoms. The molecule has 12 heavy (non-hydrogen) atoms. The molecule has 2 fully saturated rings. The van der Waals surface area contributed by atoms with Gasteiger partial charge in [0.05, 0.1) is 12.0 Å². The summed E-state index contributed by atoms with van der Waals surface area (Å²) >= 11 is 0. The van der Waals surface area contributed by atoms with Crippen LogP contribution < -0.4 is 0 Å². The van der Waals surface area contributed by atoms with E-state index in [0.29, 0.717) is 5.92 Å². The number of rotatable bonds is 1. The van der Waals surface area contributed by atoms with Crippen molar-refractivity contribution in [3.05, 3.63) is 0 Å². The molecule has 0 unspecified atom stereocenters. The van der Waals surface area contributed by atoms with E-state index in [2.05, 4.69) is 0 Å². The van der Waals surface area contributed by atoms with E-state index < -0.39 is 5.97 Å². The van der Waals surface area contributed by atoms with Crippen LogP contribution >= 0.6 is 0 Å². The number of hydrogen-bond donors (Lipinski definition) is 1. The molecular weight excluding hydrogens is 156 g/mol. The zero-order valence-corrected chi connectivity index (χ0v) is 7.03. The first-order chi connectivity index (χ1) is 5.79. The Morgan fingerprint density at radius 1 is 1.33 bits per heavy atom. The summed E-state index contributed by atoms with van der Waals surface area (Å²) in [5.41, 5.74) is 0. The number of aliphatic carboxylic acids is 1. The average molecular weight is 170 g/mol. The number of ether oxygens (including phenoxy) is 1. The van der Waals surface area contributed by atoms with Gasteiger partial charge in [-0.25, -0.2) is 0 Å². The van der Waals surface area contributed by atoms with Crippen molar-refractivity contribution in [2.45, 2.75) is 31.8 Å². The first-order valence-corrected chi connectivity index (χ1v) is 4.63. The molecule has 1 N–H and O–H groups in total. The minimum atomic E-state index is -0.629. The monoisotopic (exact) mass is 170 g/mol. The van der Waals surface area contributed by atoms with Crippen LogP contribution in [-0.4, -0.2) is 23.8 Å². The average Bonchev–Trinajstić information content (AvgIpc) is 2.49. The van der Waals surface area contributed by atoms with Crippen molar-refractivity contribution < 1.29 is 14.6 Å². The fourth-order valence-corrected chi connectivity index (χ4v) is 2.48. The van der Waals surface area contributed by atoms with Crippen LogP contribution in [0.3, 0.4) is 0 Å². The molecule has 1 saturated heterocycles. The van der Waals surface area contributed by atoms with Crippen molar-refractivity contribution in [3.63, 3.8) is 0 Å². The molecular formula is C9H14O3. The van der Waals surface area contributed by atoms with Crippen LogP contribution in [0, 0.1) is 11.8 Å². The molecule has 1 heterocycles. The molecule has 1 aliphatic carbocycles. The lowest BCUT2D eigenvalue weighted by atomic mass is 9.77. The molecule has 0 aromatic heterocycles. The van der Waals surface area contributed by atoms with E-state index >= 15 is 0 Å². The second kappa shape index (κ2) is 3.05. The van der Waals surface area contributed by atoms with Gasteiger partial charge in [-0.15, -0.1) is 0 Å². The van der Waals surface area contributed by atoms with E-state index in [-0.39, 0.29) is 12.0 Å². The fraction of sp³-hybridized carbons (Fsp3) is 0.889. The number of carboxylic acid groups (broad SMARTS) is 1. The Hall–Kier alpha value is -0.570. The van der Waals surface area contributed by atoms with Gasteiger partial charge in [-0.05, 0) is 25.7 Å². The smallest absolute Gasteiger partial charge is 0.306 e. The Balaban J connectivity index is 2.08. The summed E-state index contributed by atoms with van der Waals surface area (Å²) in [4.78, 5) is 10.8. The predicted molar refractivity (Wildman–Crippen MR) is 42.8 cm³/mol. The molecule has 0 aromatic rings. The van der Waals surface area contributed by atoms with Gasteiger partial charge in [0.1, 0.15) is 0 Å². The van der Waals surface area contributed by atoms with Gasteiger partial charge in [-0.3, -0.25) is 4.79 Å². The zero-order valence-electron chi connectivity index (χ0n) is 7.03. The Kier molecular flexibility index (Phi) is 2.05. The Labute approximate surface area is 71.7 Å². The van der Waals surface area contributed by atoms with E-state index in [1.807, 2.05) is 0 Å². The van der Waals surface area contributed by atoms with Crippen LogP contribution in [0.4, 0.5) is 0 Å². The summed E-state index contributed by atoms with van der Waals surface area (Å²) in [7, 11) is 0. The van der Waals surface area contributed by atoms with Crippen molar-refractivity contribution in [1.82, 2.24) is 0 Å². The normalized spacial score (nSPS) is 40.8. The highest BCUT2D eigenvalue weighted by molar-refractivity contribution is 5.70. The minimum absolute atomic E-state index is 0.133. The molecule has 3 heteroatoms. The van der Waals surface area contributed by atoms with Crippen LogP contribution in [0.15, 0.2) is 0 Å². The van der Waals surface area contributed by atoms with Gasteiger partial charge in [0, 0.05) is 12.5 Å². The lowest BCUT2D eigenvalue weighted by molar-refractivity contribution is -0.146. The van der Waals surface area contributed by atoms with Gasteiger partial charge in [0.15, 0.2) is 0 Å². The van der Waals surface area contributed by atoms with Crippen LogP contribution in [0.5, 0.6) is 0 Å². The maximum Gasteiger partial charge on any atom is 0.306 e. The molecule has 1 saturated carbocycles. The lowest BCUT2D eigenvalue weighted by Gasteiger charge is -2.29. The van der Waals surface area contributed by atoms with Crippen molar-refractivity contribution in [3.8, 4) is 0 Å². The summed E-state index contributed by atoms with van der Waals surface area (Å²) in [6.07, 6.45) is 4.12. The van der Waals surface area contributed by atoms with Crippen LogP contribution in [-0.2, 0) is 9.53 Å². The topological polar surface area (TPSA) is 46.5 Å². The maximum atomic E-state index is 10.8. The van der Waals surface area contributed by atoms with Crippen molar-refractivity contribution in [2.24, 2.45) is 11.8 Å². The number of carbonyl (C=O) groups is 1. The molecule has 3 nitrogen and oxygen atoms in total. The molecule has 0 aromatic carbocycles. The number of fused-ring (bicyclic) bond motifs is 1. The van der Waals surface area contributed by atoms with Gasteiger partial charge < -0.3 is 9.84 Å². The van der Waals surface area contributed by atoms with Crippen LogP contribution in [0.25, 0.3) is 0 Å². The second-order valence-electron chi connectivity index (χ2n) is 3.74. The zero-order chi connectivity index (χ0) is 8.55. The Morgan fingerprint density at radius 3 is 2.92 bits per heavy atom. The highest BCUT2D eigenvalue weighted by atomic mass is 16.5. The molecule has 68 valence electrons. The van der Waals surface area contributed by atoms with Gasteiger partial charge in [0.25, 0.3) is 0 Å². The summed E-state index contributed by atoms with van der Waals surface area (Å²) in [6.45, 7) is 0.763. The Bertz CT molecular complexity index is 190. The maximum absolute atomic E-state index is 10.8. The summed E-state index contributed by atoms with van der Waals surface area (Å²) in [5, 5.41) is 8.93. The summed E-state index contributed by atoms with van der Waals surface area (Å²) in [6, 6.07) is 0. The molecule has 3 atom stereocenters. The van der Waals surface area contributed by atoms with E-state index in [1.165, 1.54) is 0 Å². The first-order valence-electron chi connectivity index (χ1n) is 4.63. The van der Waals surface area contributed by atoms with Gasteiger partial charge in [0.2, 0.25) is 0 Å². The molecule has 2 aliphatic rings. The SMILES string of the molecule is O=C(O)[C@@H]1CCC[C@@H]2OCC[C@@H]21. The summed E-state index contributed by atoms with van der Waals surface area (Å²) in [5.74, 6) is -0.460. The largest absolute Gasteiger partial charge is 0.481 e. The quantitative estimate of drug-likeness (QED) is 0.644. The van der Waals surface area contributed by atoms with Crippen LogP contribution in [0.2, 0.25) is 0 Å². The third kappa shape index (κ3) is 1.22. The van der Waals surface area contributed by atoms with Crippen molar-refractivity contribution in [1.29, 1.82) is 0 Å². The highest BCUT2D eigenvalue weighted by Crippen LogP contribution is 2.38. The Morgan fingerprint density at radius 2 is 2.17 bits per heavy atom. The van der Waals surface area contributed by atoms with E-state index in [0.717, 1.165) is 32.3 Å².